The molecule has 7 nitrogen and oxygen atoms in total. The Kier molecular flexibility index (Phi) is 5.76. The number of benzene rings is 1. The lowest BCUT2D eigenvalue weighted by molar-refractivity contribution is 0.102. The van der Waals surface area contributed by atoms with Crippen molar-refractivity contribution in [2.24, 2.45) is 0 Å². The first kappa shape index (κ1) is 19.0. The summed E-state index contributed by atoms with van der Waals surface area (Å²) in [7, 11) is 0. The van der Waals surface area contributed by atoms with Crippen LogP contribution in [0.5, 0.6) is 17.2 Å². The van der Waals surface area contributed by atoms with Crippen LogP contribution in [0.15, 0.2) is 55.0 Å². The van der Waals surface area contributed by atoms with Crippen LogP contribution in [0.2, 0.25) is 5.02 Å². The van der Waals surface area contributed by atoms with Gasteiger partial charge < -0.3 is 19.5 Å². The highest BCUT2D eigenvalue weighted by Crippen LogP contribution is 2.38. The number of aromatic nitrogens is 2. The molecule has 1 aliphatic rings. The third-order valence-electron chi connectivity index (χ3n) is 4.21. The maximum atomic E-state index is 12.8. The van der Waals surface area contributed by atoms with Crippen molar-refractivity contribution in [1.82, 2.24) is 9.97 Å². The van der Waals surface area contributed by atoms with E-state index in [-0.39, 0.29) is 5.91 Å². The summed E-state index contributed by atoms with van der Waals surface area (Å²) in [6, 6.07) is 10.3. The second-order valence-electron chi connectivity index (χ2n) is 6.28. The van der Waals surface area contributed by atoms with Crippen molar-refractivity contribution in [2.45, 2.75) is 13.0 Å². The van der Waals surface area contributed by atoms with Crippen molar-refractivity contribution in [1.29, 1.82) is 0 Å². The highest BCUT2D eigenvalue weighted by Gasteiger charge is 2.19. The number of nitrogens with zero attached hydrogens (tertiary/aromatic N) is 2. The smallest absolute Gasteiger partial charge is 0.257 e. The van der Waals surface area contributed by atoms with E-state index >= 15 is 0 Å². The molecule has 1 N–H and O–H groups in total. The minimum absolute atomic E-state index is 0.315. The maximum Gasteiger partial charge on any atom is 0.257 e. The van der Waals surface area contributed by atoms with Crippen LogP contribution in [-0.2, 0) is 6.61 Å². The molecule has 0 bridgehead atoms. The van der Waals surface area contributed by atoms with Gasteiger partial charge in [0.25, 0.3) is 5.91 Å². The molecular weight excluding hydrogens is 394 g/mol. The lowest BCUT2D eigenvalue weighted by Crippen LogP contribution is -2.14. The minimum Gasteiger partial charge on any atom is -0.489 e. The Labute approximate surface area is 172 Å². The van der Waals surface area contributed by atoms with Crippen molar-refractivity contribution >= 4 is 23.3 Å². The molecule has 8 heteroatoms. The molecule has 1 aromatic carbocycles. The number of hydrogen-bond donors (Lipinski definition) is 1. The van der Waals surface area contributed by atoms with Gasteiger partial charge >= 0.3 is 0 Å². The van der Waals surface area contributed by atoms with Gasteiger partial charge in [0, 0.05) is 30.6 Å². The van der Waals surface area contributed by atoms with Gasteiger partial charge in [-0.2, -0.15) is 0 Å². The van der Waals surface area contributed by atoms with Gasteiger partial charge in [-0.3, -0.25) is 9.78 Å². The quantitative estimate of drug-likeness (QED) is 0.680. The molecule has 0 saturated carbocycles. The SMILES string of the molecule is O=C(Nc1ncccc1OCc1ccncc1)c1cc(Cl)c2c(c1)OCCCO2. The van der Waals surface area contributed by atoms with Crippen molar-refractivity contribution < 1.29 is 19.0 Å². The molecule has 0 fully saturated rings. The summed E-state index contributed by atoms with van der Waals surface area (Å²) in [5, 5.41) is 3.09. The van der Waals surface area contributed by atoms with Gasteiger partial charge in [-0.15, -0.1) is 0 Å². The maximum absolute atomic E-state index is 12.8. The zero-order chi connectivity index (χ0) is 20.1. The number of carbonyl (C=O) groups is 1. The van der Waals surface area contributed by atoms with Crippen molar-refractivity contribution in [3.8, 4) is 17.2 Å². The Morgan fingerprint density at radius 3 is 2.83 bits per heavy atom. The Morgan fingerprint density at radius 1 is 1.14 bits per heavy atom. The first-order valence-corrected chi connectivity index (χ1v) is 9.46. The lowest BCUT2D eigenvalue weighted by Gasteiger charge is -2.13. The van der Waals surface area contributed by atoms with E-state index in [0.717, 1.165) is 12.0 Å². The number of halogens is 1. The number of rotatable bonds is 5. The minimum atomic E-state index is -0.380. The van der Waals surface area contributed by atoms with Gasteiger partial charge in [0.05, 0.1) is 18.2 Å². The summed E-state index contributed by atoms with van der Waals surface area (Å²) < 4.78 is 17.1. The summed E-state index contributed by atoms with van der Waals surface area (Å²) >= 11 is 6.29. The third kappa shape index (κ3) is 4.57. The zero-order valence-corrected chi connectivity index (χ0v) is 16.2. The summed E-state index contributed by atoms with van der Waals surface area (Å²) in [6.45, 7) is 1.35. The Bertz CT molecular complexity index is 1010. The fraction of sp³-hybridized carbons (Fsp3) is 0.190. The highest BCUT2D eigenvalue weighted by molar-refractivity contribution is 6.32. The molecule has 0 aliphatic carbocycles. The number of pyridine rings is 2. The van der Waals surface area contributed by atoms with Crippen LogP contribution < -0.4 is 19.5 Å². The van der Waals surface area contributed by atoms with Crippen LogP contribution in [-0.4, -0.2) is 29.1 Å². The number of ether oxygens (including phenoxy) is 3. The second kappa shape index (κ2) is 8.79. The predicted molar refractivity (Wildman–Crippen MR) is 108 cm³/mol. The molecule has 0 spiro atoms. The van der Waals surface area contributed by atoms with Gasteiger partial charge in [-0.05, 0) is 42.0 Å². The molecule has 1 amide bonds. The molecule has 2 aromatic heterocycles. The Morgan fingerprint density at radius 2 is 1.97 bits per heavy atom. The number of anilines is 1. The van der Waals surface area contributed by atoms with E-state index in [1.165, 1.54) is 0 Å². The van der Waals surface area contributed by atoms with Crippen LogP contribution in [0.4, 0.5) is 5.82 Å². The number of nitrogens with one attached hydrogen (secondary N) is 1. The number of amides is 1. The fourth-order valence-corrected chi connectivity index (χ4v) is 3.05. The van der Waals surface area contributed by atoms with Crippen LogP contribution in [0.3, 0.4) is 0 Å². The highest BCUT2D eigenvalue weighted by atomic mass is 35.5. The molecule has 3 aromatic rings. The van der Waals surface area contributed by atoms with E-state index in [0.29, 0.717) is 53.5 Å². The molecular formula is C21H18ClN3O4. The third-order valence-corrected chi connectivity index (χ3v) is 4.49. The van der Waals surface area contributed by atoms with Crippen LogP contribution in [0.25, 0.3) is 0 Å². The number of fused-ring (bicyclic) bond motifs is 1. The van der Waals surface area contributed by atoms with Gasteiger partial charge in [-0.1, -0.05) is 11.6 Å². The van der Waals surface area contributed by atoms with E-state index < -0.39 is 0 Å². The fourth-order valence-electron chi connectivity index (χ4n) is 2.78. The monoisotopic (exact) mass is 411 g/mol. The molecule has 0 saturated heterocycles. The standard InChI is InChI=1S/C21H18ClN3O4/c22-16-11-15(12-18-19(16)28-10-2-9-27-18)21(26)25-20-17(3-1-6-24-20)29-13-14-4-7-23-8-5-14/h1,3-8,11-12H,2,9-10,13H2,(H,24,25,26). The summed E-state index contributed by atoms with van der Waals surface area (Å²) in [4.78, 5) is 21.0. The predicted octanol–water partition coefficient (Wildman–Crippen LogP) is 4.12. The molecule has 1 aliphatic heterocycles. The first-order valence-electron chi connectivity index (χ1n) is 9.08. The summed E-state index contributed by atoms with van der Waals surface area (Å²) in [5.41, 5.74) is 1.29. The van der Waals surface area contributed by atoms with E-state index in [1.807, 2.05) is 12.1 Å². The first-order chi connectivity index (χ1) is 14.2. The van der Waals surface area contributed by atoms with Gasteiger partial charge in [0.2, 0.25) is 0 Å². The molecule has 0 atom stereocenters. The van der Waals surface area contributed by atoms with Crippen LogP contribution in [0.1, 0.15) is 22.3 Å². The van der Waals surface area contributed by atoms with Crippen molar-refractivity contribution in [2.75, 3.05) is 18.5 Å². The largest absolute Gasteiger partial charge is 0.489 e. The topological polar surface area (TPSA) is 82.6 Å². The number of hydrogen-bond acceptors (Lipinski definition) is 6. The lowest BCUT2D eigenvalue weighted by atomic mass is 10.2. The number of carbonyl (C=O) groups excluding carboxylic acids is 1. The molecule has 29 heavy (non-hydrogen) atoms. The molecule has 148 valence electrons. The Balaban J connectivity index is 1.52. The zero-order valence-electron chi connectivity index (χ0n) is 15.4. The van der Waals surface area contributed by atoms with E-state index in [9.17, 15) is 4.79 Å². The van der Waals surface area contributed by atoms with E-state index in [4.69, 9.17) is 25.8 Å². The van der Waals surface area contributed by atoms with Crippen molar-refractivity contribution in [3.63, 3.8) is 0 Å². The summed E-state index contributed by atoms with van der Waals surface area (Å²) in [6.07, 6.45) is 5.71. The second-order valence-corrected chi connectivity index (χ2v) is 6.69. The average Bonchev–Trinajstić information content (AvgIpc) is 3.00. The van der Waals surface area contributed by atoms with Crippen LogP contribution >= 0.6 is 11.6 Å². The van der Waals surface area contributed by atoms with Gasteiger partial charge in [0.1, 0.15) is 6.61 Å². The molecule has 4 rings (SSSR count). The van der Waals surface area contributed by atoms with E-state index in [2.05, 4.69) is 15.3 Å². The van der Waals surface area contributed by atoms with Crippen molar-refractivity contribution in [3.05, 3.63) is 71.1 Å². The van der Waals surface area contributed by atoms with Gasteiger partial charge in [0.15, 0.2) is 23.1 Å². The van der Waals surface area contributed by atoms with Gasteiger partial charge in [-0.25, -0.2) is 4.98 Å². The molecule has 3 heterocycles. The summed E-state index contributed by atoms with van der Waals surface area (Å²) in [5.74, 6) is 1.30. The van der Waals surface area contributed by atoms with Crippen LogP contribution in [0, 0.1) is 0 Å². The average molecular weight is 412 g/mol. The normalized spacial score (nSPS) is 12.7. The molecule has 0 radical (unpaired) electrons. The Hall–Kier alpha value is -3.32. The van der Waals surface area contributed by atoms with E-state index in [1.54, 1.807) is 42.9 Å². The molecule has 0 unspecified atom stereocenters.